The molecule has 3 nitrogen and oxygen atoms in total. The third-order valence-corrected chi connectivity index (χ3v) is 2.88. The Kier molecular flexibility index (Phi) is 4.10. The molecular weight excluding hydrogens is 266 g/mol. The molecule has 1 N–H and O–H groups in total. The van der Waals surface area contributed by atoms with E-state index in [1.165, 1.54) is 31.4 Å². The first-order valence-electron chi connectivity index (χ1n) is 5.83. The zero-order chi connectivity index (χ0) is 14.7. The average molecular weight is 278 g/mol. The molecule has 0 atom stereocenters. The molecule has 20 heavy (non-hydrogen) atoms. The predicted molar refractivity (Wildman–Crippen MR) is 69.5 cm³/mol. The van der Waals surface area contributed by atoms with Crippen molar-refractivity contribution in [1.29, 1.82) is 0 Å². The zero-order valence-electron chi connectivity index (χ0n) is 10.7. The topological polar surface area (TPSA) is 46.5 Å². The highest BCUT2D eigenvalue weighted by Gasteiger charge is 2.13. The summed E-state index contributed by atoms with van der Waals surface area (Å²) in [6.07, 6.45) is 0. The van der Waals surface area contributed by atoms with Gasteiger partial charge in [0.25, 0.3) is 0 Å². The van der Waals surface area contributed by atoms with Crippen molar-refractivity contribution in [3.8, 4) is 11.1 Å². The maximum atomic E-state index is 13.7. The Hall–Kier alpha value is -2.27. The molecule has 0 radical (unpaired) electrons. The largest absolute Gasteiger partial charge is 0.478 e. The maximum Gasteiger partial charge on any atom is 0.336 e. The van der Waals surface area contributed by atoms with Crippen molar-refractivity contribution < 1.29 is 23.4 Å². The molecule has 0 bridgehead atoms. The van der Waals surface area contributed by atoms with Crippen LogP contribution in [0, 0.1) is 11.6 Å². The van der Waals surface area contributed by atoms with Gasteiger partial charge < -0.3 is 9.84 Å². The van der Waals surface area contributed by atoms with Crippen LogP contribution >= 0.6 is 0 Å². The molecule has 2 rings (SSSR count). The fourth-order valence-corrected chi connectivity index (χ4v) is 1.97. The molecule has 5 heteroatoms. The number of benzene rings is 2. The number of carboxylic acid groups (broad SMARTS) is 1. The van der Waals surface area contributed by atoms with Crippen LogP contribution in [0.25, 0.3) is 11.1 Å². The highest BCUT2D eigenvalue weighted by atomic mass is 19.1. The van der Waals surface area contributed by atoms with Gasteiger partial charge in [-0.1, -0.05) is 6.07 Å². The van der Waals surface area contributed by atoms with Crippen LogP contribution in [0.15, 0.2) is 36.4 Å². The third kappa shape index (κ3) is 2.83. The number of ether oxygens (including phenoxy) is 1. The van der Waals surface area contributed by atoms with Crippen LogP contribution < -0.4 is 0 Å². The van der Waals surface area contributed by atoms with Crippen LogP contribution in [0.1, 0.15) is 15.9 Å². The van der Waals surface area contributed by atoms with E-state index in [4.69, 9.17) is 9.84 Å². The van der Waals surface area contributed by atoms with Gasteiger partial charge in [0.1, 0.15) is 11.6 Å². The van der Waals surface area contributed by atoms with Crippen molar-refractivity contribution in [3.05, 3.63) is 59.2 Å². The van der Waals surface area contributed by atoms with E-state index in [1.807, 2.05) is 0 Å². The molecule has 2 aromatic rings. The van der Waals surface area contributed by atoms with E-state index in [0.717, 1.165) is 12.1 Å². The van der Waals surface area contributed by atoms with Crippen molar-refractivity contribution in [2.45, 2.75) is 6.61 Å². The van der Waals surface area contributed by atoms with E-state index in [9.17, 15) is 13.6 Å². The molecule has 0 saturated carbocycles. The van der Waals surface area contributed by atoms with E-state index in [0.29, 0.717) is 11.1 Å². The lowest BCUT2D eigenvalue weighted by molar-refractivity contribution is 0.0692. The second-order valence-electron chi connectivity index (χ2n) is 4.23. The summed E-state index contributed by atoms with van der Waals surface area (Å²) in [7, 11) is 1.44. The molecule has 104 valence electrons. The van der Waals surface area contributed by atoms with Gasteiger partial charge in [0.15, 0.2) is 0 Å². The average Bonchev–Trinajstić information content (AvgIpc) is 2.38. The summed E-state index contributed by atoms with van der Waals surface area (Å²) in [5.74, 6) is -2.44. The molecule has 0 spiro atoms. The van der Waals surface area contributed by atoms with Gasteiger partial charge in [-0.3, -0.25) is 0 Å². The van der Waals surface area contributed by atoms with Crippen LogP contribution in [0.5, 0.6) is 0 Å². The first-order chi connectivity index (χ1) is 9.52. The minimum absolute atomic E-state index is 0.0955. The van der Waals surface area contributed by atoms with Crippen molar-refractivity contribution in [2.24, 2.45) is 0 Å². The van der Waals surface area contributed by atoms with Crippen molar-refractivity contribution in [1.82, 2.24) is 0 Å². The number of aromatic carboxylic acids is 1. The summed E-state index contributed by atoms with van der Waals surface area (Å²) in [6.45, 7) is 0.0955. The molecule has 0 aliphatic carbocycles. The molecule has 0 aliphatic rings. The highest BCUT2D eigenvalue weighted by Crippen LogP contribution is 2.26. The second-order valence-corrected chi connectivity index (χ2v) is 4.23. The maximum absolute atomic E-state index is 13.7. The van der Waals surface area contributed by atoms with E-state index in [-0.39, 0.29) is 17.7 Å². The number of carbonyl (C=O) groups is 1. The number of hydrogen-bond donors (Lipinski definition) is 1. The molecule has 2 aromatic carbocycles. The number of hydrogen-bond acceptors (Lipinski definition) is 2. The third-order valence-electron chi connectivity index (χ3n) is 2.88. The Labute approximate surface area is 114 Å². The van der Waals surface area contributed by atoms with E-state index >= 15 is 0 Å². The SMILES string of the molecule is COCc1cc(-c2ccc(F)cc2F)ccc1C(=O)O. The second kappa shape index (κ2) is 5.79. The molecule has 0 saturated heterocycles. The predicted octanol–water partition coefficient (Wildman–Crippen LogP) is 3.48. The summed E-state index contributed by atoms with van der Waals surface area (Å²) >= 11 is 0. The minimum atomic E-state index is -1.08. The van der Waals surface area contributed by atoms with Gasteiger partial charge in [0, 0.05) is 18.7 Å². The monoisotopic (exact) mass is 278 g/mol. The molecule has 0 unspecified atom stereocenters. The van der Waals surface area contributed by atoms with Gasteiger partial charge in [-0.15, -0.1) is 0 Å². The minimum Gasteiger partial charge on any atom is -0.478 e. The summed E-state index contributed by atoms with van der Waals surface area (Å²) < 4.78 is 31.6. The quantitative estimate of drug-likeness (QED) is 0.931. The Morgan fingerprint density at radius 1 is 1.20 bits per heavy atom. The Balaban J connectivity index is 2.52. The van der Waals surface area contributed by atoms with Gasteiger partial charge in [0.2, 0.25) is 0 Å². The van der Waals surface area contributed by atoms with Gasteiger partial charge in [-0.25, -0.2) is 13.6 Å². The van der Waals surface area contributed by atoms with Gasteiger partial charge in [-0.05, 0) is 35.4 Å². The van der Waals surface area contributed by atoms with Crippen molar-refractivity contribution in [2.75, 3.05) is 7.11 Å². The van der Waals surface area contributed by atoms with Gasteiger partial charge in [-0.2, -0.15) is 0 Å². The lowest BCUT2D eigenvalue weighted by Crippen LogP contribution is -2.03. The Morgan fingerprint density at radius 3 is 2.55 bits per heavy atom. The van der Waals surface area contributed by atoms with Crippen LogP contribution in [-0.2, 0) is 11.3 Å². The number of rotatable bonds is 4. The van der Waals surface area contributed by atoms with Crippen LogP contribution in [0.3, 0.4) is 0 Å². The highest BCUT2D eigenvalue weighted by molar-refractivity contribution is 5.90. The molecule has 0 amide bonds. The number of halogens is 2. The molecular formula is C15H12F2O3. The Bertz CT molecular complexity index is 654. The summed E-state index contributed by atoms with van der Waals surface area (Å²) in [5, 5.41) is 9.07. The number of methoxy groups -OCH3 is 1. The van der Waals surface area contributed by atoms with Crippen LogP contribution in [-0.4, -0.2) is 18.2 Å². The smallest absolute Gasteiger partial charge is 0.336 e. The fourth-order valence-electron chi connectivity index (χ4n) is 1.97. The van der Waals surface area contributed by atoms with E-state index in [1.54, 1.807) is 0 Å². The summed E-state index contributed by atoms with van der Waals surface area (Å²) in [5.41, 5.74) is 1.21. The summed E-state index contributed by atoms with van der Waals surface area (Å²) in [4.78, 5) is 11.1. The Morgan fingerprint density at radius 2 is 1.95 bits per heavy atom. The van der Waals surface area contributed by atoms with Crippen LogP contribution in [0.4, 0.5) is 8.78 Å². The van der Waals surface area contributed by atoms with Crippen molar-refractivity contribution >= 4 is 5.97 Å². The normalized spacial score (nSPS) is 10.6. The van der Waals surface area contributed by atoms with Gasteiger partial charge in [0.05, 0.1) is 12.2 Å². The van der Waals surface area contributed by atoms with E-state index < -0.39 is 17.6 Å². The van der Waals surface area contributed by atoms with Crippen LogP contribution in [0.2, 0.25) is 0 Å². The molecule has 0 aliphatic heterocycles. The lowest BCUT2D eigenvalue weighted by Gasteiger charge is -2.09. The first kappa shape index (κ1) is 14.1. The summed E-state index contributed by atoms with van der Waals surface area (Å²) in [6, 6.07) is 7.66. The molecule has 0 heterocycles. The molecule has 0 fully saturated rings. The lowest BCUT2D eigenvalue weighted by atomic mass is 9.99. The fraction of sp³-hybridized carbons (Fsp3) is 0.133. The first-order valence-corrected chi connectivity index (χ1v) is 5.83. The number of carboxylic acids is 1. The molecule has 0 aromatic heterocycles. The van der Waals surface area contributed by atoms with Gasteiger partial charge >= 0.3 is 5.97 Å². The standard InChI is InChI=1S/C15H12F2O3/c1-20-8-10-6-9(2-4-13(10)15(18)19)12-5-3-11(16)7-14(12)17/h2-7H,8H2,1H3,(H,18,19). The van der Waals surface area contributed by atoms with E-state index in [2.05, 4.69) is 0 Å². The zero-order valence-corrected chi connectivity index (χ0v) is 10.7. The van der Waals surface area contributed by atoms with Crippen molar-refractivity contribution in [3.63, 3.8) is 0 Å².